The molecule has 1 aromatic heterocycles. The third-order valence-electron chi connectivity index (χ3n) is 4.21. The zero-order valence-corrected chi connectivity index (χ0v) is 19.4. The topological polar surface area (TPSA) is 78.7 Å². The lowest BCUT2D eigenvalue weighted by molar-refractivity contribution is -0.120. The second-order valence-corrected chi connectivity index (χ2v) is 7.41. The number of hydrogen-bond acceptors (Lipinski definition) is 3. The van der Waals surface area contributed by atoms with E-state index in [1.807, 2.05) is 6.07 Å². The molecule has 0 fully saturated rings. The maximum Gasteiger partial charge on any atom is 0.239 e. The Morgan fingerprint density at radius 3 is 2.36 bits per heavy atom. The molecule has 0 aliphatic rings. The van der Waals surface area contributed by atoms with Crippen LogP contribution in [0.15, 0.2) is 52.1 Å². The first kappa shape index (κ1) is 24.0. The largest absolute Gasteiger partial charge is 0.467 e. The van der Waals surface area contributed by atoms with Gasteiger partial charge in [0.05, 0.1) is 19.4 Å². The number of benzene rings is 1. The van der Waals surface area contributed by atoms with Crippen LogP contribution in [-0.2, 0) is 23.2 Å². The van der Waals surface area contributed by atoms with Gasteiger partial charge in [0, 0.05) is 13.6 Å². The summed E-state index contributed by atoms with van der Waals surface area (Å²) in [5, 5.41) is 9.02. The van der Waals surface area contributed by atoms with Gasteiger partial charge in [0.15, 0.2) is 5.96 Å². The zero-order chi connectivity index (χ0) is 19.7. The summed E-state index contributed by atoms with van der Waals surface area (Å²) in [4.78, 5) is 16.0. The quantitative estimate of drug-likeness (QED) is 0.311. The van der Waals surface area contributed by atoms with Crippen molar-refractivity contribution in [2.75, 3.05) is 20.1 Å². The Kier molecular flexibility index (Phi) is 10.1. The number of nitrogens with zero attached hydrogens (tertiary/aromatic N) is 1. The summed E-state index contributed by atoms with van der Waals surface area (Å²) in [6.45, 7) is 7.91. The van der Waals surface area contributed by atoms with Gasteiger partial charge in [-0.15, -0.1) is 24.0 Å². The van der Waals surface area contributed by atoms with Gasteiger partial charge in [0.2, 0.25) is 5.91 Å². The van der Waals surface area contributed by atoms with E-state index >= 15 is 0 Å². The molecule has 2 rings (SSSR count). The van der Waals surface area contributed by atoms with Crippen molar-refractivity contribution in [3.05, 3.63) is 59.5 Å². The number of furan rings is 1. The zero-order valence-electron chi connectivity index (χ0n) is 17.0. The highest BCUT2D eigenvalue weighted by molar-refractivity contribution is 14.0. The first-order valence-corrected chi connectivity index (χ1v) is 9.21. The Hall–Kier alpha value is -2.03. The lowest BCUT2D eigenvalue weighted by atomic mass is 9.86. The molecule has 1 amide bonds. The van der Waals surface area contributed by atoms with Gasteiger partial charge in [-0.2, -0.15) is 0 Å². The lowest BCUT2D eigenvalue weighted by Crippen LogP contribution is -2.43. The number of hydrogen-bond donors (Lipinski definition) is 3. The SMILES string of the molecule is CN=C(NCCc1ccc(C(C)(C)C)cc1)NCC(=O)NCc1ccco1.I. The van der Waals surface area contributed by atoms with Crippen molar-refractivity contribution < 1.29 is 9.21 Å². The third kappa shape index (κ3) is 8.33. The second-order valence-electron chi connectivity index (χ2n) is 7.41. The monoisotopic (exact) mass is 498 g/mol. The molecule has 28 heavy (non-hydrogen) atoms. The van der Waals surface area contributed by atoms with Crippen LogP contribution in [0.5, 0.6) is 0 Å². The van der Waals surface area contributed by atoms with Crippen molar-refractivity contribution in [1.82, 2.24) is 16.0 Å². The Morgan fingerprint density at radius 1 is 1.07 bits per heavy atom. The molecule has 0 saturated carbocycles. The average Bonchev–Trinajstić information content (AvgIpc) is 3.16. The fourth-order valence-electron chi connectivity index (χ4n) is 2.54. The molecule has 0 aliphatic heterocycles. The fraction of sp³-hybridized carbons (Fsp3) is 0.429. The Labute approximate surface area is 184 Å². The Balaban J connectivity index is 0.00000392. The minimum Gasteiger partial charge on any atom is -0.467 e. The average molecular weight is 498 g/mol. The van der Waals surface area contributed by atoms with Gasteiger partial charge in [-0.3, -0.25) is 9.79 Å². The molecule has 0 radical (unpaired) electrons. The van der Waals surface area contributed by atoms with E-state index in [1.54, 1.807) is 19.4 Å². The number of aliphatic imine (C=N–C) groups is 1. The highest BCUT2D eigenvalue weighted by atomic mass is 127. The van der Waals surface area contributed by atoms with Crippen LogP contribution < -0.4 is 16.0 Å². The van der Waals surface area contributed by atoms with Gasteiger partial charge in [-0.1, -0.05) is 45.0 Å². The van der Waals surface area contributed by atoms with E-state index in [-0.39, 0.29) is 41.8 Å². The molecule has 0 atom stereocenters. The van der Waals surface area contributed by atoms with Crippen molar-refractivity contribution in [2.45, 2.75) is 39.2 Å². The molecule has 0 spiro atoms. The Morgan fingerprint density at radius 2 is 1.79 bits per heavy atom. The molecule has 3 N–H and O–H groups in total. The summed E-state index contributed by atoms with van der Waals surface area (Å²) < 4.78 is 5.18. The second kappa shape index (κ2) is 11.7. The third-order valence-corrected chi connectivity index (χ3v) is 4.21. The van der Waals surface area contributed by atoms with Gasteiger partial charge in [0.25, 0.3) is 0 Å². The number of nitrogens with one attached hydrogen (secondary N) is 3. The first-order valence-electron chi connectivity index (χ1n) is 9.21. The number of guanidine groups is 1. The van der Waals surface area contributed by atoms with Gasteiger partial charge in [0.1, 0.15) is 5.76 Å². The molecule has 0 bridgehead atoms. The molecule has 7 heteroatoms. The van der Waals surface area contributed by atoms with Crippen LogP contribution in [0, 0.1) is 0 Å². The van der Waals surface area contributed by atoms with Crippen LogP contribution in [-0.4, -0.2) is 32.0 Å². The number of carbonyl (C=O) groups is 1. The fourth-order valence-corrected chi connectivity index (χ4v) is 2.54. The van der Waals surface area contributed by atoms with Crippen molar-refractivity contribution in [3.8, 4) is 0 Å². The van der Waals surface area contributed by atoms with E-state index < -0.39 is 0 Å². The number of halogens is 1. The standard InChI is InChI=1S/C21H30N4O2.HI/c1-21(2,3)17-9-7-16(8-10-17)11-12-23-20(22-4)25-15-19(26)24-14-18-6-5-13-27-18;/h5-10,13H,11-12,14-15H2,1-4H3,(H,24,26)(H2,22,23,25);1H. The van der Waals surface area contributed by atoms with Gasteiger partial charge >= 0.3 is 0 Å². The van der Waals surface area contributed by atoms with Crippen LogP contribution in [0.25, 0.3) is 0 Å². The van der Waals surface area contributed by atoms with Crippen molar-refractivity contribution in [1.29, 1.82) is 0 Å². The summed E-state index contributed by atoms with van der Waals surface area (Å²) in [7, 11) is 1.69. The van der Waals surface area contributed by atoms with Crippen molar-refractivity contribution >= 4 is 35.8 Å². The number of carbonyl (C=O) groups excluding carboxylic acids is 1. The molecular weight excluding hydrogens is 467 g/mol. The molecule has 1 aromatic carbocycles. The van der Waals surface area contributed by atoms with Crippen LogP contribution >= 0.6 is 24.0 Å². The maximum absolute atomic E-state index is 11.9. The van der Waals surface area contributed by atoms with E-state index in [1.165, 1.54) is 11.1 Å². The molecule has 154 valence electrons. The highest BCUT2D eigenvalue weighted by Crippen LogP contribution is 2.22. The van der Waals surface area contributed by atoms with Gasteiger partial charge in [-0.05, 0) is 35.1 Å². The summed E-state index contributed by atoms with van der Waals surface area (Å²) in [5.41, 5.74) is 2.76. The minimum absolute atomic E-state index is 0. The normalized spacial score (nSPS) is 11.5. The summed E-state index contributed by atoms with van der Waals surface area (Å²) >= 11 is 0. The molecule has 6 nitrogen and oxygen atoms in total. The number of rotatable bonds is 7. The lowest BCUT2D eigenvalue weighted by Gasteiger charge is -2.19. The Bertz CT molecular complexity index is 735. The van der Waals surface area contributed by atoms with Crippen molar-refractivity contribution in [3.63, 3.8) is 0 Å². The molecule has 1 heterocycles. The highest BCUT2D eigenvalue weighted by Gasteiger charge is 2.12. The summed E-state index contributed by atoms with van der Waals surface area (Å²) in [6.07, 6.45) is 2.47. The molecule has 0 saturated heterocycles. The van der Waals surface area contributed by atoms with Crippen LogP contribution in [0.2, 0.25) is 0 Å². The molecule has 2 aromatic rings. The van der Waals surface area contributed by atoms with Gasteiger partial charge < -0.3 is 20.4 Å². The predicted octanol–water partition coefficient (Wildman–Crippen LogP) is 3.22. The van der Waals surface area contributed by atoms with Crippen LogP contribution in [0.4, 0.5) is 0 Å². The van der Waals surface area contributed by atoms with Crippen molar-refractivity contribution in [2.24, 2.45) is 4.99 Å². The van der Waals surface area contributed by atoms with Gasteiger partial charge in [-0.25, -0.2) is 0 Å². The van der Waals surface area contributed by atoms with E-state index in [9.17, 15) is 4.79 Å². The van der Waals surface area contributed by atoms with E-state index in [2.05, 4.69) is 66.0 Å². The van der Waals surface area contributed by atoms with E-state index in [0.29, 0.717) is 12.5 Å². The molecule has 0 aliphatic carbocycles. The maximum atomic E-state index is 11.9. The first-order chi connectivity index (χ1) is 12.9. The molecule has 0 unspecified atom stereocenters. The van der Waals surface area contributed by atoms with Crippen LogP contribution in [0.1, 0.15) is 37.7 Å². The number of amides is 1. The summed E-state index contributed by atoms with van der Waals surface area (Å²) in [5.74, 6) is 1.21. The van der Waals surface area contributed by atoms with E-state index in [4.69, 9.17) is 4.42 Å². The summed E-state index contributed by atoms with van der Waals surface area (Å²) in [6, 6.07) is 12.3. The molecular formula is C21H31IN4O2. The van der Waals surface area contributed by atoms with E-state index in [0.717, 1.165) is 18.7 Å². The van der Waals surface area contributed by atoms with Crippen LogP contribution in [0.3, 0.4) is 0 Å². The minimum atomic E-state index is -0.118. The smallest absolute Gasteiger partial charge is 0.239 e. The predicted molar refractivity (Wildman–Crippen MR) is 124 cm³/mol.